The van der Waals surface area contributed by atoms with E-state index in [0.717, 1.165) is 33.8 Å². The number of hydrogen-bond donors (Lipinski definition) is 2. The summed E-state index contributed by atoms with van der Waals surface area (Å²) in [7, 11) is 1.88. The van der Waals surface area contributed by atoms with Crippen LogP contribution in [0.1, 0.15) is 19.4 Å². The lowest BCUT2D eigenvalue weighted by atomic mass is 9.89. The van der Waals surface area contributed by atoms with Gasteiger partial charge in [-0.1, -0.05) is 57.4 Å². The predicted molar refractivity (Wildman–Crippen MR) is 115 cm³/mol. The number of aliphatic imine (C=N–C) groups is 1. The van der Waals surface area contributed by atoms with Gasteiger partial charge in [-0.2, -0.15) is 0 Å². The second-order valence-electron chi connectivity index (χ2n) is 6.35. The van der Waals surface area contributed by atoms with E-state index < -0.39 is 0 Å². The third kappa shape index (κ3) is 4.31. The molecule has 0 aliphatic carbocycles. The van der Waals surface area contributed by atoms with Gasteiger partial charge in [0.25, 0.3) is 0 Å². The van der Waals surface area contributed by atoms with Crippen LogP contribution < -0.4 is 10.6 Å². The molecule has 3 nitrogen and oxygen atoms in total. The van der Waals surface area contributed by atoms with Gasteiger partial charge in [0, 0.05) is 41.5 Å². The molecule has 0 saturated carbocycles. The second-order valence-corrected chi connectivity index (χ2v) is 6.35. The first-order valence-corrected chi connectivity index (χ1v) is 8.67. The van der Waals surface area contributed by atoms with Gasteiger partial charge in [0.2, 0.25) is 0 Å². The highest BCUT2D eigenvalue weighted by atomic mass is 14.9. The Balaban J connectivity index is 2.55. The van der Waals surface area contributed by atoms with Crippen LogP contribution in [0.15, 0.2) is 95.5 Å². The summed E-state index contributed by atoms with van der Waals surface area (Å²) in [6.45, 7) is 16.3. The van der Waals surface area contributed by atoms with Gasteiger partial charge < -0.3 is 10.6 Å². The Morgan fingerprint density at radius 3 is 2.62 bits per heavy atom. The molecule has 2 N–H and O–H groups in total. The summed E-state index contributed by atoms with van der Waals surface area (Å²) in [6, 6.07) is 8.18. The summed E-state index contributed by atoms with van der Waals surface area (Å²) in [4.78, 5) is 3.72. The number of nitrogens with one attached hydrogen (secondary N) is 2. The van der Waals surface area contributed by atoms with Gasteiger partial charge in [-0.15, -0.1) is 0 Å². The van der Waals surface area contributed by atoms with Crippen molar-refractivity contribution >= 4 is 18.0 Å². The molecule has 0 aromatic heterocycles. The molecule has 2 rings (SSSR count). The molecule has 0 unspecified atom stereocenters. The highest BCUT2D eigenvalue weighted by Crippen LogP contribution is 2.38. The number of nitrogens with zero attached hydrogens (tertiary/aromatic N) is 1. The number of rotatable bonds is 7. The molecule has 1 aromatic rings. The molecule has 26 heavy (non-hydrogen) atoms. The normalized spacial score (nSPS) is 14.8. The molecule has 0 atom stereocenters. The summed E-state index contributed by atoms with van der Waals surface area (Å²) >= 11 is 0. The molecule has 1 heterocycles. The topological polar surface area (TPSA) is 36.4 Å². The number of allylic oxidation sites excluding steroid dienone is 6. The maximum Gasteiger partial charge on any atom is 0.0487 e. The molecular formula is C23H27N3. The fourth-order valence-corrected chi connectivity index (χ4v) is 2.79. The maximum atomic E-state index is 4.32. The van der Waals surface area contributed by atoms with Crippen molar-refractivity contribution in [1.82, 2.24) is 5.32 Å². The molecule has 0 spiro atoms. The van der Waals surface area contributed by atoms with E-state index in [9.17, 15) is 0 Å². The molecule has 3 heteroatoms. The molecule has 1 aliphatic rings. The van der Waals surface area contributed by atoms with E-state index in [-0.39, 0.29) is 0 Å². The fraction of sp³-hybridized carbons (Fsp3) is 0.174. The molecule has 0 radical (unpaired) electrons. The Labute approximate surface area is 156 Å². The lowest BCUT2D eigenvalue weighted by Gasteiger charge is -2.27. The first-order chi connectivity index (χ1) is 12.5. The van der Waals surface area contributed by atoms with Crippen LogP contribution in [0.2, 0.25) is 0 Å². The van der Waals surface area contributed by atoms with E-state index in [1.165, 1.54) is 5.57 Å². The quantitative estimate of drug-likeness (QED) is 0.508. The molecule has 0 bridgehead atoms. The second kappa shape index (κ2) is 8.86. The zero-order chi connectivity index (χ0) is 19.1. The van der Waals surface area contributed by atoms with Crippen LogP contribution in [0.5, 0.6) is 0 Å². The third-order valence-electron chi connectivity index (χ3n) is 4.27. The van der Waals surface area contributed by atoms with Gasteiger partial charge in [0.15, 0.2) is 0 Å². The standard InChI is InChI=1S/C23H27N3/c1-16(2)19(11-9-10-14-24-5)15-22-23(18(4)25-6)17(3)20-12-7-8-13-21(20)26-22/h7-16,25-26H,3-5H2,1-2,6H3/b11-9-,14-10-,19-15+. The molecule has 134 valence electrons. The third-order valence-corrected chi connectivity index (χ3v) is 4.27. The van der Waals surface area contributed by atoms with Crippen molar-refractivity contribution in [3.63, 3.8) is 0 Å². The van der Waals surface area contributed by atoms with E-state index in [0.29, 0.717) is 5.92 Å². The molecule has 1 aliphatic heterocycles. The minimum absolute atomic E-state index is 0.361. The van der Waals surface area contributed by atoms with E-state index >= 15 is 0 Å². The smallest absolute Gasteiger partial charge is 0.0487 e. The van der Waals surface area contributed by atoms with Gasteiger partial charge in [0.1, 0.15) is 0 Å². The van der Waals surface area contributed by atoms with Crippen LogP contribution in [-0.2, 0) is 0 Å². The van der Waals surface area contributed by atoms with Crippen molar-refractivity contribution in [3.05, 3.63) is 96.0 Å². The summed E-state index contributed by atoms with van der Waals surface area (Å²) in [6.07, 6.45) is 9.76. The zero-order valence-corrected chi connectivity index (χ0v) is 15.8. The lowest BCUT2D eigenvalue weighted by molar-refractivity contribution is 0.790. The van der Waals surface area contributed by atoms with Gasteiger partial charge in [-0.3, -0.25) is 4.99 Å². The predicted octanol–water partition coefficient (Wildman–Crippen LogP) is 5.47. The van der Waals surface area contributed by atoms with Crippen LogP contribution >= 0.6 is 0 Å². The average molecular weight is 345 g/mol. The van der Waals surface area contributed by atoms with Crippen LogP contribution in [-0.4, -0.2) is 13.8 Å². The number of anilines is 1. The van der Waals surface area contributed by atoms with Crippen LogP contribution in [0, 0.1) is 5.92 Å². The van der Waals surface area contributed by atoms with Gasteiger partial charge in [-0.05, 0) is 42.0 Å². The van der Waals surface area contributed by atoms with E-state index in [2.05, 4.69) is 73.6 Å². The SMILES string of the molecule is C=N\C=C/C=C\C(=C/C1=C(C(=C)NC)C(=C)c2ccccc2N1)C(C)C. The number of fused-ring (bicyclic) bond motifs is 1. The Morgan fingerprint density at radius 2 is 1.96 bits per heavy atom. The number of hydrogen-bond acceptors (Lipinski definition) is 3. The van der Waals surface area contributed by atoms with E-state index in [1.807, 2.05) is 31.3 Å². The Bertz CT molecular complexity index is 833. The minimum Gasteiger partial charge on any atom is -0.388 e. The van der Waals surface area contributed by atoms with E-state index in [4.69, 9.17) is 0 Å². The minimum atomic E-state index is 0.361. The van der Waals surface area contributed by atoms with Crippen molar-refractivity contribution in [2.45, 2.75) is 13.8 Å². The molecule has 0 saturated heterocycles. The maximum absolute atomic E-state index is 4.32. The van der Waals surface area contributed by atoms with Gasteiger partial charge in [0.05, 0.1) is 0 Å². The highest BCUT2D eigenvalue weighted by Gasteiger charge is 2.21. The largest absolute Gasteiger partial charge is 0.388 e. The fourth-order valence-electron chi connectivity index (χ4n) is 2.79. The number of para-hydroxylation sites is 1. The monoisotopic (exact) mass is 345 g/mol. The van der Waals surface area contributed by atoms with Crippen molar-refractivity contribution < 1.29 is 0 Å². The van der Waals surface area contributed by atoms with Crippen molar-refractivity contribution in [3.8, 4) is 0 Å². The summed E-state index contributed by atoms with van der Waals surface area (Å²) in [5.74, 6) is 0.361. The zero-order valence-electron chi connectivity index (χ0n) is 15.8. The number of benzene rings is 1. The van der Waals surface area contributed by atoms with Crippen molar-refractivity contribution in [2.75, 3.05) is 12.4 Å². The summed E-state index contributed by atoms with van der Waals surface area (Å²) in [5.41, 5.74) is 7.14. The van der Waals surface area contributed by atoms with Crippen molar-refractivity contribution in [2.24, 2.45) is 10.9 Å². The first kappa shape index (κ1) is 19.3. The Kier molecular flexibility index (Phi) is 6.56. The summed E-state index contributed by atoms with van der Waals surface area (Å²) < 4.78 is 0. The van der Waals surface area contributed by atoms with E-state index in [1.54, 1.807) is 6.20 Å². The molecular weight excluding hydrogens is 318 g/mol. The molecule has 0 fully saturated rings. The Morgan fingerprint density at radius 1 is 1.23 bits per heavy atom. The van der Waals surface area contributed by atoms with Crippen molar-refractivity contribution in [1.29, 1.82) is 0 Å². The molecule has 1 aromatic carbocycles. The highest BCUT2D eigenvalue weighted by molar-refractivity contribution is 5.93. The van der Waals surface area contributed by atoms with Crippen LogP contribution in [0.4, 0.5) is 5.69 Å². The number of likely N-dealkylation sites (N-methyl/N-ethyl adjacent to an activating group) is 1. The van der Waals surface area contributed by atoms with Gasteiger partial charge >= 0.3 is 0 Å². The van der Waals surface area contributed by atoms with Gasteiger partial charge in [-0.25, -0.2) is 0 Å². The lowest BCUT2D eigenvalue weighted by Crippen LogP contribution is -2.17. The van der Waals surface area contributed by atoms with Crippen LogP contribution in [0.25, 0.3) is 5.57 Å². The first-order valence-electron chi connectivity index (χ1n) is 8.67. The summed E-state index contributed by atoms with van der Waals surface area (Å²) in [5, 5.41) is 6.70. The Hall–Kier alpha value is -3.07. The van der Waals surface area contributed by atoms with Crippen LogP contribution in [0.3, 0.4) is 0 Å². The average Bonchev–Trinajstić information content (AvgIpc) is 2.63. The molecule has 0 amide bonds.